The van der Waals surface area contributed by atoms with Gasteiger partial charge in [0, 0.05) is 6.92 Å². The molecule has 106 valence electrons. The molecule has 0 aliphatic carbocycles. The molecule has 0 saturated carbocycles. The fourth-order valence-electron chi connectivity index (χ4n) is 1.99. The fourth-order valence-corrected chi connectivity index (χ4v) is 2.68. The Labute approximate surface area is 125 Å². The maximum atomic E-state index is 11.2. The number of nitrogen functional groups attached to an aromatic ring is 1. The highest BCUT2D eigenvalue weighted by Gasteiger charge is 2.11. The quantitative estimate of drug-likeness (QED) is 0.724. The Balaban J connectivity index is 1.98. The van der Waals surface area contributed by atoms with Gasteiger partial charge < -0.3 is 15.8 Å². The van der Waals surface area contributed by atoms with Crippen LogP contribution in [0.15, 0.2) is 41.9 Å². The number of hydrogen-bond donors (Lipinski definition) is 2. The van der Waals surface area contributed by atoms with E-state index in [1.807, 2.05) is 18.2 Å². The molecule has 6 heteroatoms. The number of benzene rings is 2. The topological polar surface area (TPSA) is 77.2 Å². The van der Waals surface area contributed by atoms with Crippen LogP contribution in [0.1, 0.15) is 6.92 Å². The molecule has 1 heterocycles. The second-order valence-corrected chi connectivity index (χ2v) is 5.34. The molecule has 1 aromatic heterocycles. The Morgan fingerprint density at radius 1 is 1.24 bits per heavy atom. The number of carbonyl (C=O) groups excluding carboxylic acids is 1. The van der Waals surface area contributed by atoms with Gasteiger partial charge in [0.05, 0.1) is 15.9 Å². The van der Waals surface area contributed by atoms with Crippen LogP contribution in [-0.2, 0) is 4.79 Å². The molecule has 0 atom stereocenters. The van der Waals surface area contributed by atoms with Crippen LogP contribution < -0.4 is 15.8 Å². The van der Waals surface area contributed by atoms with Crippen LogP contribution in [0.3, 0.4) is 0 Å². The van der Waals surface area contributed by atoms with Crippen LogP contribution in [0, 0.1) is 0 Å². The van der Waals surface area contributed by atoms with Gasteiger partial charge in [0.1, 0.15) is 11.2 Å². The van der Waals surface area contributed by atoms with Gasteiger partial charge in [0.2, 0.25) is 5.91 Å². The molecular formula is C15H13N3O2S. The number of fused-ring (bicyclic) bond motifs is 1. The summed E-state index contributed by atoms with van der Waals surface area (Å²) in [6, 6.07) is 10.9. The van der Waals surface area contributed by atoms with Crippen molar-refractivity contribution in [3.63, 3.8) is 0 Å². The normalized spacial score (nSPS) is 10.5. The summed E-state index contributed by atoms with van der Waals surface area (Å²) in [5, 5.41) is 2.73. The van der Waals surface area contributed by atoms with E-state index in [9.17, 15) is 4.79 Å². The number of hydrogen-bond acceptors (Lipinski definition) is 5. The summed E-state index contributed by atoms with van der Waals surface area (Å²) in [7, 11) is 0. The van der Waals surface area contributed by atoms with Gasteiger partial charge in [0.15, 0.2) is 11.5 Å². The van der Waals surface area contributed by atoms with Crippen LogP contribution in [-0.4, -0.2) is 10.9 Å². The Hall–Kier alpha value is -2.60. The van der Waals surface area contributed by atoms with E-state index in [1.165, 1.54) is 18.3 Å². The van der Waals surface area contributed by atoms with Crippen molar-refractivity contribution in [1.29, 1.82) is 0 Å². The number of carbonyl (C=O) groups is 1. The third-order valence-electron chi connectivity index (χ3n) is 2.92. The van der Waals surface area contributed by atoms with Crippen LogP contribution in [0.25, 0.3) is 10.2 Å². The second-order valence-electron chi connectivity index (χ2n) is 4.46. The Morgan fingerprint density at radius 3 is 2.86 bits per heavy atom. The molecule has 3 N–H and O–H groups in total. The first-order valence-corrected chi connectivity index (χ1v) is 7.19. The van der Waals surface area contributed by atoms with Crippen molar-refractivity contribution in [2.75, 3.05) is 11.1 Å². The predicted octanol–water partition coefficient (Wildman–Crippen LogP) is 3.63. The number of rotatable bonds is 3. The van der Waals surface area contributed by atoms with E-state index in [2.05, 4.69) is 10.3 Å². The Bertz CT molecular complexity index is 814. The number of nitrogens with zero attached hydrogens (tertiary/aromatic N) is 1. The van der Waals surface area contributed by atoms with Crippen LogP contribution in [0.4, 0.5) is 11.4 Å². The summed E-state index contributed by atoms with van der Waals surface area (Å²) in [5.41, 5.74) is 9.66. The molecule has 21 heavy (non-hydrogen) atoms. The first-order chi connectivity index (χ1) is 10.1. The standard InChI is InChI=1S/C15H13N3O2S/c1-9(19)18-10-4-2-3-5-11(10)20-12-6-7-13-15(14(12)16)17-8-21-13/h2-8H,16H2,1H3,(H,18,19). The van der Waals surface area contributed by atoms with Crippen molar-refractivity contribution in [3.8, 4) is 11.5 Å². The third kappa shape index (κ3) is 2.66. The first kappa shape index (κ1) is 13.4. The molecule has 0 aliphatic rings. The molecule has 5 nitrogen and oxygen atoms in total. The summed E-state index contributed by atoms with van der Waals surface area (Å²) in [6.45, 7) is 1.45. The van der Waals surface area contributed by atoms with Gasteiger partial charge >= 0.3 is 0 Å². The van der Waals surface area contributed by atoms with Gasteiger partial charge in [-0.05, 0) is 24.3 Å². The lowest BCUT2D eigenvalue weighted by molar-refractivity contribution is -0.114. The number of nitrogens with one attached hydrogen (secondary N) is 1. The average molecular weight is 299 g/mol. The third-order valence-corrected chi connectivity index (χ3v) is 3.71. The van der Waals surface area contributed by atoms with Crippen LogP contribution in [0.2, 0.25) is 0 Å². The van der Waals surface area contributed by atoms with Crippen molar-refractivity contribution in [3.05, 3.63) is 41.9 Å². The highest BCUT2D eigenvalue weighted by atomic mass is 32.1. The van der Waals surface area contributed by atoms with Crippen molar-refractivity contribution in [1.82, 2.24) is 4.98 Å². The molecule has 3 rings (SSSR count). The van der Waals surface area contributed by atoms with E-state index in [0.29, 0.717) is 22.9 Å². The number of anilines is 2. The summed E-state index contributed by atoms with van der Waals surface area (Å²) >= 11 is 1.52. The van der Waals surface area contributed by atoms with Crippen molar-refractivity contribution < 1.29 is 9.53 Å². The van der Waals surface area contributed by atoms with Gasteiger partial charge in [-0.15, -0.1) is 11.3 Å². The highest BCUT2D eigenvalue weighted by molar-refractivity contribution is 7.16. The zero-order valence-corrected chi connectivity index (χ0v) is 12.1. The monoisotopic (exact) mass is 299 g/mol. The van der Waals surface area contributed by atoms with E-state index < -0.39 is 0 Å². The predicted molar refractivity (Wildman–Crippen MR) is 84.9 cm³/mol. The van der Waals surface area contributed by atoms with Gasteiger partial charge in [-0.2, -0.15) is 0 Å². The number of nitrogens with two attached hydrogens (primary N) is 1. The van der Waals surface area contributed by atoms with Crippen molar-refractivity contribution in [2.24, 2.45) is 0 Å². The molecule has 2 aromatic carbocycles. The molecule has 0 aliphatic heterocycles. The number of para-hydroxylation sites is 2. The first-order valence-electron chi connectivity index (χ1n) is 6.31. The van der Waals surface area contributed by atoms with Crippen LogP contribution in [0.5, 0.6) is 11.5 Å². The lowest BCUT2D eigenvalue weighted by Gasteiger charge is -2.12. The summed E-state index contributed by atoms with van der Waals surface area (Å²) in [4.78, 5) is 15.5. The minimum Gasteiger partial charge on any atom is -0.453 e. The summed E-state index contributed by atoms with van der Waals surface area (Å²) in [5.74, 6) is 0.897. The molecule has 3 aromatic rings. The van der Waals surface area contributed by atoms with E-state index in [-0.39, 0.29) is 5.91 Å². The maximum absolute atomic E-state index is 11.2. The summed E-state index contributed by atoms with van der Waals surface area (Å²) in [6.07, 6.45) is 0. The molecule has 0 bridgehead atoms. The van der Waals surface area contributed by atoms with Gasteiger partial charge in [-0.1, -0.05) is 12.1 Å². The number of aromatic nitrogens is 1. The molecule has 0 fully saturated rings. The van der Waals surface area contributed by atoms with E-state index in [1.54, 1.807) is 23.7 Å². The Kier molecular flexibility index (Phi) is 3.45. The van der Waals surface area contributed by atoms with E-state index in [0.717, 1.165) is 10.2 Å². The minimum absolute atomic E-state index is 0.158. The minimum atomic E-state index is -0.158. The molecule has 0 unspecified atom stereocenters. The molecule has 1 amide bonds. The van der Waals surface area contributed by atoms with Gasteiger partial charge in [0.25, 0.3) is 0 Å². The van der Waals surface area contributed by atoms with Gasteiger partial charge in [-0.25, -0.2) is 4.98 Å². The highest BCUT2D eigenvalue weighted by Crippen LogP contribution is 2.36. The number of ether oxygens (including phenoxy) is 1. The SMILES string of the molecule is CC(=O)Nc1ccccc1Oc1ccc2scnc2c1N. The zero-order valence-electron chi connectivity index (χ0n) is 11.3. The number of amides is 1. The lowest BCUT2D eigenvalue weighted by Crippen LogP contribution is -2.07. The second kappa shape index (κ2) is 5.41. The molecular weight excluding hydrogens is 286 g/mol. The zero-order chi connectivity index (χ0) is 14.8. The molecule has 0 spiro atoms. The summed E-state index contributed by atoms with van der Waals surface area (Å²) < 4.78 is 6.85. The molecule has 0 radical (unpaired) electrons. The Morgan fingerprint density at radius 2 is 2.05 bits per heavy atom. The van der Waals surface area contributed by atoms with Gasteiger partial charge in [-0.3, -0.25) is 4.79 Å². The van der Waals surface area contributed by atoms with E-state index >= 15 is 0 Å². The largest absolute Gasteiger partial charge is 0.453 e. The molecule has 0 saturated heterocycles. The van der Waals surface area contributed by atoms with Crippen LogP contribution >= 0.6 is 11.3 Å². The fraction of sp³-hybridized carbons (Fsp3) is 0.0667. The average Bonchev–Trinajstić information content (AvgIpc) is 2.92. The van der Waals surface area contributed by atoms with Crippen molar-refractivity contribution >= 4 is 38.8 Å². The maximum Gasteiger partial charge on any atom is 0.221 e. The lowest BCUT2D eigenvalue weighted by atomic mass is 10.2. The van der Waals surface area contributed by atoms with Crippen molar-refractivity contribution in [2.45, 2.75) is 6.92 Å². The smallest absolute Gasteiger partial charge is 0.221 e. The van der Waals surface area contributed by atoms with E-state index in [4.69, 9.17) is 10.5 Å². The number of thiazole rings is 1.